The average Bonchev–Trinajstić information content (AvgIpc) is 2.98. The second-order valence-electron chi connectivity index (χ2n) is 5.65. The molecule has 0 bridgehead atoms. The summed E-state index contributed by atoms with van der Waals surface area (Å²) in [6.45, 7) is 0.835. The molecule has 1 heterocycles. The van der Waals surface area contributed by atoms with E-state index >= 15 is 0 Å². The maximum Gasteiger partial charge on any atom is 0.254 e. The standard InChI is InChI=1S/C15H22N2O6S/c1-21-12-6-11(7-13(22-2)14(12)23-3)15(18)17-5-4-10(8-17)9-24(16,19)20/h6-7,10H,4-5,8-9H2,1-3H3,(H2,16,19,20). The number of primary sulfonamides is 1. The largest absolute Gasteiger partial charge is 0.493 e. The van der Waals surface area contributed by atoms with Crippen LogP contribution in [0.3, 0.4) is 0 Å². The minimum absolute atomic E-state index is 0.119. The van der Waals surface area contributed by atoms with E-state index in [1.807, 2.05) is 0 Å². The first-order valence-electron chi connectivity index (χ1n) is 7.38. The molecule has 134 valence electrons. The molecule has 1 aromatic carbocycles. The fourth-order valence-corrected chi connectivity index (χ4v) is 3.80. The summed E-state index contributed by atoms with van der Waals surface area (Å²) in [6, 6.07) is 3.16. The molecular formula is C15H22N2O6S. The van der Waals surface area contributed by atoms with E-state index in [4.69, 9.17) is 19.3 Å². The van der Waals surface area contributed by atoms with E-state index in [9.17, 15) is 13.2 Å². The second kappa shape index (κ2) is 7.27. The number of sulfonamides is 1. The van der Waals surface area contributed by atoms with Gasteiger partial charge in [-0.05, 0) is 24.5 Å². The van der Waals surface area contributed by atoms with Gasteiger partial charge in [0.15, 0.2) is 11.5 Å². The van der Waals surface area contributed by atoms with E-state index in [1.165, 1.54) is 21.3 Å². The minimum Gasteiger partial charge on any atom is -0.493 e. The Morgan fingerprint density at radius 3 is 2.25 bits per heavy atom. The van der Waals surface area contributed by atoms with Gasteiger partial charge in [-0.2, -0.15) is 0 Å². The van der Waals surface area contributed by atoms with Crippen molar-refractivity contribution in [1.82, 2.24) is 4.90 Å². The van der Waals surface area contributed by atoms with Crippen LogP contribution < -0.4 is 19.3 Å². The number of amides is 1. The zero-order valence-electron chi connectivity index (χ0n) is 13.9. The molecule has 1 atom stereocenters. The minimum atomic E-state index is -3.55. The lowest BCUT2D eigenvalue weighted by Gasteiger charge is -2.19. The van der Waals surface area contributed by atoms with Crippen molar-refractivity contribution in [2.45, 2.75) is 6.42 Å². The molecular weight excluding hydrogens is 336 g/mol. The Labute approximate surface area is 141 Å². The van der Waals surface area contributed by atoms with Gasteiger partial charge in [0, 0.05) is 18.7 Å². The van der Waals surface area contributed by atoms with E-state index in [0.29, 0.717) is 42.3 Å². The molecule has 1 saturated heterocycles. The van der Waals surface area contributed by atoms with E-state index in [1.54, 1.807) is 17.0 Å². The van der Waals surface area contributed by atoms with E-state index < -0.39 is 10.0 Å². The van der Waals surface area contributed by atoms with E-state index in [0.717, 1.165) is 0 Å². The normalized spacial score (nSPS) is 17.7. The molecule has 1 aliphatic heterocycles. The summed E-state index contributed by atoms with van der Waals surface area (Å²) < 4.78 is 38.1. The Kier molecular flexibility index (Phi) is 5.55. The highest BCUT2D eigenvalue weighted by atomic mass is 32.2. The molecule has 1 unspecified atom stereocenters. The number of ether oxygens (including phenoxy) is 3. The van der Waals surface area contributed by atoms with Crippen molar-refractivity contribution >= 4 is 15.9 Å². The molecule has 9 heteroatoms. The smallest absolute Gasteiger partial charge is 0.254 e. The molecule has 0 radical (unpaired) electrons. The van der Waals surface area contributed by atoms with Crippen LogP contribution in [0.5, 0.6) is 17.2 Å². The zero-order chi connectivity index (χ0) is 17.9. The number of carbonyl (C=O) groups excluding carboxylic acids is 1. The summed E-state index contributed by atoms with van der Waals surface area (Å²) in [7, 11) is 0.892. The van der Waals surface area contributed by atoms with E-state index in [2.05, 4.69) is 0 Å². The van der Waals surface area contributed by atoms with Gasteiger partial charge in [-0.25, -0.2) is 13.6 Å². The van der Waals surface area contributed by atoms with Crippen LogP contribution in [0.4, 0.5) is 0 Å². The van der Waals surface area contributed by atoms with Crippen LogP contribution in [-0.4, -0.2) is 59.4 Å². The maximum absolute atomic E-state index is 12.7. The van der Waals surface area contributed by atoms with Gasteiger partial charge in [-0.3, -0.25) is 4.79 Å². The lowest BCUT2D eigenvalue weighted by Crippen LogP contribution is -2.30. The summed E-state index contributed by atoms with van der Waals surface area (Å²) in [6.07, 6.45) is 0.604. The summed E-state index contributed by atoms with van der Waals surface area (Å²) in [5.41, 5.74) is 0.390. The number of carbonyl (C=O) groups is 1. The van der Waals surface area contributed by atoms with Crippen LogP contribution in [-0.2, 0) is 10.0 Å². The van der Waals surface area contributed by atoms with Crippen molar-refractivity contribution in [2.24, 2.45) is 11.1 Å². The molecule has 1 aromatic rings. The van der Waals surface area contributed by atoms with Crippen molar-refractivity contribution in [3.8, 4) is 17.2 Å². The topological polar surface area (TPSA) is 108 Å². The number of nitrogens with zero attached hydrogens (tertiary/aromatic N) is 1. The highest BCUT2D eigenvalue weighted by Crippen LogP contribution is 2.38. The zero-order valence-corrected chi connectivity index (χ0v) is 14.8. The molecule has 1 amide bonds. The fourth-order valence-electron chi connectivity index (χ4n) is 2.87. The molecule has 1 fully saturated rings. The van der Waals surface area contributed by atoms with Gasteiger partial charge >= 0.3 is 0 Å². The van der Waals surface area contributed by atoms with Crippen molar-refractivity contribution < 1.29 is 27.4 Å². The summed E-state index contributed by atoms with van der Waals surface area (Å²) in [4.78, 5) is 14.3. The lowest BCUT2D eigenvalue weighted by molar-refractivity contribution is 0.0787. The van der Waals surface area contributed by atoms with Gasteiger partial charge in [0.1, 0.15) is 0 Å². The van der Waals surface area contributed by atoms with Gasteiger partial charge in [0.05, 0.1) is 27.1 Å². The number of nitrogens with two attached hydrogens (primary N) is 1. The molecule has 24 heavy (non-hydrogen) atoms. The number of rotatable bonds is 6. The molecule has 0 spiro atoms. The average molecular weight is 358 g/mol. The van der Waals surface area contributed by atoms with Crippen LogP contribution in [0, 0.1) is 5.92 Å². The maximum atomic E-state index is 12.7. The third-order valence-electron chi connectivity index (χ3n) is 3.95. The predicted molar refractivity (Wildman–Crippen MR) is 88.1 cm³/mol. The Morgan fingerprint density at radius 1 is 1.21 bits per heavy atom. The molecule has 8 nitrogen and oxygen atoms in total. The van der Waals surface area contributed by atoms with Crippen LogP contribution in [0.15, 0.2) is 12.1 Å². The van der Waals surface area contributed by atoms with Gasteiger partial charge in [0.2, 0.25) is 15.8 Å². The fraction of sp³-hybridized carbons (Fsp3) is 0.533. The van der Waals surface area contributed by atoms with Crippen molar-refractivity contribution in [1.29, 1.82) is 0 Å². The Bertz CT molecular complexity index is 694. The van der Waals surface area contributed by atoms with Crippen LogP contribution in [0.2, 0.25) is 0 Å². The number of benzene rings is 1. The van der Waals surface area contributed by atoms with Gasteiger partial charge in [-0.1, -0.05) is 0 Å². The third kappa shape index (κ3) is 4.09. The number of likely N-dealkylation sites (tertiary alicyclic amines) is 1. The molecule has 2 rings (SSSR count). The van der Waals surface area contributed by atoms with Crippen LogP contribution in [0.25, 0.3) is 0 Å². The highest BCUT2D eigenvalue weighted by molar-refractivity contribution is 7.89. The van der Waals surface area contributed by atoms with Crippen LogP contribution in [0.1, 0.15) is 16.8 Å². The molecule has 0 aromatic heterocycles. The second-order valence-corrected chi connectivity index (χ2v) is 7.31. The molecule has 0 saturated carbocycles. The first-order valence-corrected chi connectivity index (χ1v) is 9.10. The number of hydrogen-bond donors (Lipinski definition) is 1. The van der Waals surface area contributed by atoms with Crippen molar-refractivity contribution in [3.63, 3.8) is 0 Å². The number of methoxy groups -OCH3 is 3. The molecule has 2 N–H and O–H groups in total. The van der Waals surface area contributed by atoms with Crippen molar-refractivity contribution in [2.75, 3.05) is 40.2 Å². The van der Waals surface area contributed by atoms with Gasteiger partial charge in [0.25, 0.3) is 5.91 Å². The predicted octanol–water partition coefficient (Wildman–Crippen LogP) is 0.463. The van der Waals surface area contributed by atoms with Crippen LogP contribution >= 0.6 is 0 Å². The lowest BCUT2D eigenvalue weighted by atomic mass is 10.1. The Hall–Kier alpha value is -2.00. The Balaban J connectivity index is 2.21. The summed E-state index contributed by atoms with van der Waals surface area (Å²) >= 11 is 0. The first kappa shape index (κ1) is 18.3. The van der Waals surface area contributed by atoms with Crippen molar-refractivity contribution in [3.05, 3.63) is 17.7 Å². The third-order valence-corrected chi connectivity index (χ3v) is 4.89. The Morgan fingerprint density at radius 2 is 1.79 bits per heavy atom. The molecule has 1 aliphatic rings. The van der Waals surface area contributed by atoms with Gasteiger partial charge < -0.3 is 19.1 Å². The highest BCUT2D eigenvalue weighted by Gasteiger charge is 2.30. The monoisotopic (exact) mass is 358 g/mol. The summed E-state index contributed by atoms with van der Waals surface area (Å²) in [5, 5.41) is 5.08. The quantitative estimate of drug-likeness (QED) is 0.792. The SMILES string of the molecule is COc1cc(C(=O)N2CCC(CS(N)(=O)=O)C2)cc(OC)c1OC. The summed E-state index contributed by atoms with van der Waals surface area (Å²) in [5.74, 6) is 0.703. The molecule has 0 aliphatic carbocycles. The first-order chi connectivity index (χ1) is 11.3. The number of hydrogen-bond acceptors (Lipinski definition) is 6. The van der Waals surface area contributed by atoms with E-state index in [-0.39, 0.29) is 17.6 Å². The van der Waals surface area contributed by atoms with Gasteiger partial charge in [-0.15, -0.1) is 0 Å².